The van der Waals surface area contributed by atoms with Crippen LogP contribution >= 0.6 is 61.3 Å². The van der Waals surface area contributed by atoms with Crippen molar-refractivity contribution in [3.8, 4) is 0 Å². The van der Waals surface area contributed by atoms with Gasteiger partial charge in [-0.3, -0.25) is 9.05 Å². The fraction of sp³-hybridized carbons (Fsp3) is 1.00. The summed E-state index contributed by atoms with van der Waals surface area (Å²) < 4.78 is 92.2. The maximum atomic E-state index is 14.8. The van der Waals surface area contributed by atoms with Gasteiger partial charge in [0.2, 0.25) is 0 Å². The third-order valence-corrected chi connectivity index (χ3v) is 24.4. The SMILES string of the molecule is CCCCC(CC)COP(=O)(OCC(CC)CCCC)SCC(C)OP(=O)(OC(C)CSP(=O)(OCC(CC)CCCC)OCC(CC)CCCC)SCC(C)OP(O)(=S)OC(C)C. The standard InChI is InChI=1S/C44H94O12P4S4/c1-14-22-26-41(18-5)30-49-58(46,50-31-42(19-6)27-23-15-2)62-35-39(12)55-60(48,64-34-38(11)54-57(45,61)53-37(9)10)56-40(13)36-63-59(47,51-32-43(20-7)28-24-16-3)52-33-44(21-8)29-25-17-4/h37-44H,14-36H2,1-13H3,(H,45,61). The average molecular weight is 1070 g/mol. The lowest BCUT2D eigenvalue weighted by atomic mass is 10.0. The second-order valence-electron chi connectivity index (χ2n) is 17.4. The van der Waals surface area contributed by atoms with Crippen molar-refractivity contribution in [2.75, 3.05) is 43.7 Å². The molecule has 0 aliphatic rings. The van der Waals surface area contributed by atoms with Crippen molar-refractivity contribution >= 4 is 73.1 Å². The Morgan fingerprint density at radius 2 is 0.703 bits per heavy atom. The molecule has 0 radical (unpaired) electrons. The van der Waals surface area contributed by atoms with Crippen LogP contribution < -0.4 is 0 Å². The van der Waals surface area contributed by atoms with E-state index in [0.29, 0.717) is 26.4 Å². The highest BCUT2D eigenvalue weighted by atomic mass is 32.7. The zero-order chi connectivity index (χ0) is 48.7. The zero-order valence-corrected chi connectivity index (χ0v) is 49.1. The van der Waals surface area contributed by atoms with E-state index in [-0.39, 0.29) is 47.0 Å². The summed E-state index contributed by atoms with van der Waals surface area (Å²) in [5, 5.41) is 0. The van der Waals surface area contributed by atoms with E-state index in [1.54, 1.807) is 34.6 Å². The fourth-order valence-corrected chi connectivity index (χ4v) is 19.7. The molecule has 0 aromatic heterocycles. The molecule has 0 rings (SSSR count). The van der Waals surface area contributed by atoms with Gasteiger partial charge in [0.15, 0.2) is 0 Å². The molecule has 0 fully saturated rings. The minimum atomic E-state index is -4.01. The second-order valence-corrected chi connectivity index (χ2v) is 32.5. The smallest absolute Gasteiger partial charge is 0.324 e. The van der Waals surface area contributed by atoms with Crippen LogP contribution in [0.1, 0.15) is 193 Å². The summed E-state index contributed by atoms with van der Waals surface area (Å²) in [6.07, 6.45) is 13.7. The first-order valence-corrected chi connectivity index (χ1v) is 36.6. The van der Waals surface area contributed by atoms with Crippen LogP contribution in [-0.4, -0.2) is 73.0 Å². The molecule has 20 heteroatoms. The molecule has 1 N–H and O–H groups in total. The summed E-state index contributed by atoms with van der Waals surface area (Å²) >= 11 is 8.28. The molecule has 386 valence electrons. The molecule has 0 aromatic carbocycles. The lowest BCUT2D eigenvalue weighted by Gasteiger charge is -2.28. The molecule has 0 amide bonds. The van der Waals surface area contributed by atoms with E-state index in [1.165, 1.54) is 0 Å². The number of unbranched alkanes of at least 4 members (excludes halogenated alkanes) is 4. The van der Waals surface area contributed by atoms with Crippen LogP contribution in [0.15, 0.2) is 0 Å². The number of rotatable bonds is 45. The highest BCUT2D eigenvalue weighted by Gasteiger charge is 2.37. The van der Waals surface area contributed by atoms with Crippen LogP contribution in [-0.2, 0) is 61.7 Å². The summed E-state index contributed by atoms with van der Waals surface area (Å²) in [4.78, 5) is 10.6. The van der Waals surface area contributed by atoms with Gasteiger partial charge < -0.3 is 32.0 Å². The third kappa shape index (κ3) is 32.8. The summed E-state index contributed by atoms with van der Waals surface area (Å²) in [6, 6.07) is 0. The van der Waals surface area contributed by atoms with Crippen LogP contribution in [0.25, 0.3) is 0 Å². The lowest BCUT2D eigenvalue weighted by Crippen LogP contribution is -2.18. The number of hydrogen-bond donors (Lipinski definition) is 1. The normalized spacial score (nSPS) is 19.5. The lowest BCUT2D eigenvalue weighted by molar-refractivity contribution is 0.137. The van der Waals surface area contributed by atoms with Crippen molar-refractivity contribution in [3.63, 3.8) is 0 Å². The van der Waals surface area contributed by atoms with Gasteiger partial charge in [-0.25, -0.2) is 13.7 Å². The van der Waals surface area contributed by atoms with E-state index >= 15 is 0 Å². The van der Waals surface area contributed by atoms with Crippen LogP contribution in [0.4, 0.5) is 0 Å². The van der Waals surface area contributed by atoms with Crippen molar-refractivity contribution in [1.29, 1.82) is 0 Å². The molecular formula is C44H94O12P4S4. The Hall–Kier alpha value is 2.03. The Bertz CT molecular complexity index is 1230. The zero-order valence-electron chi connectivity index (χ0n) is 42.2. The van der Waals surface area contributed by atoms with Crippen molar-refractivity contribution in [2.24, 2.45) is 23.7 Å². The van der Waals surface area contributed by atoms with Crippen molar-refractivity contribution in [3.05, 3.63) is 0 Å². The second kappa shape index (κ2) is 37.8. The molecule has 0 aromatic rings. The first kappa shape index (κ1) is 66.0. The van der Waals surface area contributed by atoms with Gasteiger partial charge in [-0.2, -0.15) is 0 Å². The quantitative estimate of drug-likeness (QED) is 0.0577. The molecule has 8 unspecified atom stereocenters. The molecule has 0 saturated carbocycles. The molecule has 0 bridgehead atoms. The van der Waals surface area contributed by atoms with Gasteiger partial charge in [0.25, 0.3) is 0 Å². The van der Waals surface area contributed by atoms with E-state index in [2.05, 4.69) is 55.4 Å². The van der Waals surface area contributed by atoms with Gasteiger partial charge in [0, 0.05) is 17.3 Å². The molecular weight excluding hydrogens is 973 g/mol. The first-order valence-electron chi connectivity index (χ1n) is 24.6. The average Bonchev–Trinajstić information content (AvgIpc) is 3.24. The Labute approximate surface area is 410 Å². The fourth-order valence-electron chi connectivity index (χ4n) is 6.33. The summed E-state index contributed by atoms with van der Waals surface area (Å²) in [7, 11) is 0. The first-order chi connectivity index (χ1) is 30.2. The van der Waals surface area contributed by atoms with E-state index in [4.69, 9.17) is 48.0 Å². The van der Waals surface area contributed by atoms with E-state index in [0.717, 1.165) is 137 Å². The molecule has 12 nitrogen and oxygen atoms in total. The van der Waals surface area contributed by atoms with E-state index in [9.17, 15) is 18.6 Å². The molecule has 8 atom stereocenters. The highest BCUT2D eigenvalue weighted by Crippen LogP contribution is 2.67. The summed E-state index contributed by atoms with van der Waals surface area (Å²) in [5.74, 6) is 1.44. The van der Waals surface area contributed by atoms with Gasteiger partial charge in [-0.1, -0.05) is 132 Å². The minimum Gasteiger partial charge on any atom is -0.324 e. The summed E-state index contributed by atoms with van der Waals surface area (Å²) in [6.45, 7) is 12.3. The van der Waals surface area contributed by atoms with Gasteiger partial charge >= 0.3 is 27.1 Å². The topological polar surface area (TPSA) is 145 Å². The highest BCUT2D eigenvalue weighted by molar-refractivity contribution is 8.56. The van der Waals surface area contributed by atoms with Gasteiger partial charge in [-0.05, 0) is 130 Å². The Balaban J connectivity index is 6.40. The van der Waals surface area contributed by atoms with Gasteiger partial charge in [0.05, 0.1) is 50.8 Å². The van der Waals surface area contributed by atoms with Crippen LogP contribution in [0, 0.1) is 23.7 Å². The predicted molar refractivity (Wildman–Crippen MR) is 282 cm³/mol. The van der Waals surface area contributed by atoms with Crippen molar-refractivity contribution < 1.29 is 54.8 Å². The Morgan fingerprint density at radius 1 is 0.438 bits per heavy atom. The molecule has 0 aliphatic heterocycles. The van der Waals surface area contributed by atoms with Crippen LogP contribution in [0.3, 0.4) is 0 Å². The molecule has 0 heterocycles. The third-order valence-electron chi connectivity index (χ3n) is 10.7. The molecule has 0 spiro atoms. The van der Waals surface area contributed by atoms with Gasteiger partial charge in [-0.15, -0.1) is 0 Å². The van der Waals surface area contributed by atoms with Crippen molar-refractivity contribution in [2.45, 2.75) is 217 Å². The minimum absolute atomic E-state index is 0.0888. The van der Waals surface area contributed by atoms with Crippen LogP contribution in [0.5, 0.6) is 0 Å². The van der Waals surface area contributed by atoms with Crippen molar-refractivity contribution in [1.82, 2.24) is 0 Å². The maximum absolute atomic E-state index is 14.8. The monoisotopic (exact) mass is 1070 g/mol. The summed E-state index contributed by atoms with van der Waals surface area (Å²) in [5.41, 5.74) is 0. The Kier molecular flexibility index (Phi) is 39.0. The maximum Gasteiger partial charge on any atom is 0.389 e. The van der Waals surface area contributed by atoms with Crippen LogP contribution in [0.2, 0.25) is 0 Å². The van der Waals surface area contributed by atoms with E-state index in [1.807, 2.05) is 0 Å². The molecule has 0 saturated heterocycles. The molecule has 0 aliphatic carbocycles. The van der Waals surface area contributed by atoms with E-state index < -0.39 is 45.4 Å². The number of hydrogen-bond acceptors (Lipinski definition) is 15. The molecule has 64 heavy (non-hydrogen) atoms. The van der Waals surface area contributed by atoms with Gasteiger partial charge in [0.1, 0.15) is 0 Å². The largest absolute Gasteiger partial charge is 0.389 e. The predicted octanol–water partition coefficient (Wildman–Crippen LogP) is 17.3. The Morgan fingerprint density at radius 3 is 0.953 bits per heavy atom.